The molecule has 1 nitrogen and oxygen atoms in total. The summed E-state index contributed by atoms with van der Waals surface area (Å²) in [5.74, 6) is 0. The molecule has 0 aromatic heterocycles. The van der Waals surface area contributed by atoms with E-state index in [1.165, 1.54) is 16.0 Å². The first-order valence-electron chi connectivity index (χ1n) is 5.03. The lowest BCUT2D eigenvalue weighted by Crippen LogP contribution is -2.18. The quantitative estimate of drug-likeness (QED) is 0.814. The van der Waals surface area contributed by atoms with E-state index in [1.54, 1.807) is 0 Å². The van der Waals surface area contributed by atoms with E-state index in [4.69, 9.17) is 0 Å². The van der Waals surface area contributed by atoms with Crippen LogP contribution in [-0.2, 0) is 6.42 Å². The van der Waals surface area contributed by atoms with Gasteiger partial charge in [-0.05, 0) is 35.6 Å². The van der Waals surface area contributed by atoms with E-state index in [0.29, 0.717) is 0 Å². The number of likely N-dealkylation sites (N-methyl/N-ethyl adjacent to an activating group) is 1. The van der Waals surface area contributed by atoms with Crippen LogP contribution in [0.25, 0.3) is 0 Å². The highest BCUT2D eigenvalue weighted by Crippen LogP contribution is 2.31. The molecule has 1 aromatic carbocycles. The van der Waals surface area contributed by atoms with E-state index in [9.17, 15) is 0 Å². The summed E-state index contributed by atoms with van der Waals surface area (Å²) in [6.45, 7) is 4.21. The van der Waals surface area contributed by atoms with Crippen LogP contribution in [-0.4, -0.2) is 13.1 Å². The van der Waals surface area contributed by atoms with Crippen molar-refractivity contribution in [2.75, 3.05) is 13.1 Å². The smallest absolute Gasteiger partial charge is 0.0176 e. The molecule has 0 fully saturated rings. The van der Waals surface area contributed by atoms with Crippen LogP contribution in [0, 0.1) is 0 Å². The fourth-order valence-electron chi connectivity index (χ4n) is 1.59. The lowest BCUT2D eigenvalue weighted by molar-refractivity contribution is 0.761. The van der Waals surface area contributed by atoms with Crippen molar-refractivity contribution in [2.24, 2.45) is 0 Å². The summed E-state index contributed by atoms with van der Waals surface area (Å²) < 4.78 is 0. The fraction of sp³-hybridized carbons (Fsp3) is 0.333. The van der Waals surface area contributed by atoms with Gasteiger partial charge in [0.1, 0.15) is 0 Å². The number of nitrogens with one attached hydrogen (secondary N) is 1. The lowest BCUT2D eigenvalue weighted by atomic mass is 10.1. The number of fused-ring (bicyclic) bond motifs is 1. The Morgan fingerprint density at radius 2 is 2.21 bits per heavy atom. The number of hydrogen-bond donors (Lipinski definition) is 1. The molecule has 1 aliphatic heterocycles. The van der Waals surface area contributed by atoms with Crippen LogP contribution >= 0.6 is 11.8 Å². The van der Waals surface area contributed by atoms with E-state index in [1.807, 2.05) is 11.8 Å². The Hall–Kier alpha value is -0.730. The first kappa shape index (κ1) is 9.81. The Morgan fingerprint density at radius 3 is 3.07 bits per heavy atom. The summed E-state index contributed by atoms with van der Waals surface area (Å²) in [6, 6.07) is 8.65. The maximum atomic E-state index is 3.37. The van der Waals surface area contributed by atoms with Gasteiger partial charge in [-0.25, -0.2) is 0 Å². The van der Waals surface area contributed by atoms with Gasteiger partial charge in [0.15, 0.2) is 0 Å². The van der Waals surface area contributed by atoms with Gasteiger partial charge < -0.3 is 5.32 Å². The van der Waals surface area contributed by atoms with Gasteiger partial charge in [0.05, 0.1) is 0 Å². The fourth-order valence-corrected chi connectivity index (χ4v) is 2.50. The standard InChI is InChI=1S/C12H15NS/c1-2-13-8-10-7-11-5-3-4-6-12(11)14-9-10/h3-6,9,13H,2,7-8H2,1H3. The zero-order valence-corrected chi connectivity index (χ0v) is 9.23. The summed E-state index contributed by atoms with van der Waals surface area (Å²) in [4.78, 5) is 1.41. The Balaban J connectivity index is 2.05. The molecule has 0 saturated heterocycles. The van der Waals surface area contributed by atoms with Crippen molar-refractivity contribution < 1.29 is 0 Å². The molecule has 0 spiro atoms. The Labute approximate surface area is 89.6 Å². The normalized spacial score (nSPS) is 14.8. The molecule has 0 bridgehead atoms. The molecule has 0 unspecified atom stereocenters. The van der Waals surface area contributed by atoms with Crippen molar-refractivity contribution in [3.05, 3.63) is 40.8 Å². The van der Waals surface area contributed by atoms with Gasteiger partial charge in [-0.3, -0.25) is 0 Å². The van der Waals surface area contributed by atoms with Crippen molar-refractivity contribution in [1.82, 2.24) is 5.32 Å². The molecule has 2 rings (SSSR count). The molecule has 0 amide bonds. The van der Waals surface area contributed by atoms with Gasteiger partial charge in [-0.2, -0.15) is 0 Å². The molecule has 1 N–H and O–H groups in total. The molecular weight excluding hydrogens is 190 g/mol. The number of benzene rings is 1. The molecule has 0 radical (unpaired) electrons. The van der Waals surface area contributed by atoms with Gasteiger partial charge in [0.2, 0.25) is 0 Å². The predicted octanol–water partition coefficient (Wildman–Crippen LogP) is 2.83. The summed E-state index contributed by atoms with van der Waals surface area (Å²) in [5.41, 5.74) is 2.96. The van der Waals surface area contributed by atoms with E-state index >= 15 is 0 Å². The van der Waals surface area contributed by atoms with Crippen molar-refractivity contribution in [3.63, 3.8) is 0 Å². The SMILES string of the molecule is CCNCC1=CSc2ccccc2C1. The zero-order chi connectivity index (χ0) is 9.80. The minimum Gasteiger partial charge on any atom is -0.313 e. The average Bonchev–Trinajstić information content (AvgIpc) is 2.26. The predicted molar refractivity (Wildman–Crippen MR) is 62.6 cm³/mol. The maximum absolute atomic E-state index is 3.37. The van der Waals surface area contributed by atoms with Gasteiger partial charge in [0, 0.05) is 11.4 Å². The number of thioether (sulfide) groups is 1. The van der Waals surface area contributed by atoms with Crippen LogP contribution in [0.15, 0.2) is 40.1 Å². The summed E-state index contributed by atoms with van der Waals surface area (Å²) in [7, 11) is 0. The Kier molecular flexibility index (Phi) is 3.27. The average molecular weight is 205 g/mol. The van der Waals surface area contributed by atoms with Crippen LogP contribution in [0.5, 0.6) is 0 Å². The Morgan fingerprint density at radius 1 is 1.36 bits per heavy atom. The highest BCUT2D eigenvalue weighted by atomic mass is 32.2. The molecule has 1 heterocycles. The second-order valence-electron chi connectivity index (χ2n) is 3.46. The molecule has 0 aliphatic carbocycles. The van der Waals surface area contributed by atoms with E-state index in [2.05, 4.69) is 41.9 Å². The summed E-state index contributed by atoms with van der Waals surface area (Å²) >= 11 is 1.85. The van der Waals surface area contributed by atoms with Gasteiger partial charge in [-0.1, -0.05) is 36.9 Å². The van der Waals surface area contributed by atoms with Gasteiger partial charge in [0.25, 0.3) is 0 Å². The minimum atomic E-state index is 1.03. The number of hydrogen-bond acceptors (Lipinski definition) is 2. The molecule has 74 valence electrons. The summed E-state index contributed by atoms with van der Waals surface area (Å²) in [6.07, 6.45) is 1.11. The van der Waals surface area contributed by atoms with E-state index in [0.717, 1.165) is 19.5 Å². The lowest BCUT2D eigenvalue weighted by Gasteiger charge is -2.16. The summed E-state index contributed by atoms with van der Waals surface area (Å²) in [5, 5.41) is 5.65. The second kappa shape index (κ2) is 4.67. The first-order chi connectivity index (χ1) is 6.90. The third-order valence-corrected chi connectivity index (χ3v) is 3.45. The van der Waals surface area contributed by atoms with Crippen molar-refractivity contribution >= 4 is 11.8 Å². The molecule has 1 aliphatic rings. The number of rotatable bonds is 3. The van der Waals surface area contributed by atoms with E-state index in [-0.39, 0.29) is 0 Å². The van der Waals surface area contributed by atoms with Crippen LogP contribution in [0.4, 0.5) is 0 Å². The molecule has 2 heteroatoms. The molecule has 0 atom stereocenters. The van der Waals surface area contributed by atoms with Gasteiger partial charge >= 0.3 is 0 Å². The third kappa shape index (κ3) is 2.20. The first-order valence-corrected chi connectivity index (χ1v) is 5.91. The largest absolute Gasteiger partial charge is 0.313 e. The van der Waals surface area contributed by atoms with Crippen molar-refractivity contribution in [2.45, 2.75) is 18.2 Å². The maximum Gasteiger partial charge on any atom is 0.0176 e. The minimum absolute atomic E-state index is 1.03. The molecular formula is C12H15NS. The highest BCUT2D eigenvalue weighted by Gasteiger charge is 2.09. The molecule has 0 saturated carbocycles. The van der Waals surface area contributed by atoms with Crippen LogP contribution in [0.1, 0.15) is 12.5 Å². The molecule has 1 aromatic rings. The van der Waals surface area contributed by atoms with Crippen LogP contribution in [0.3, 0.4) is 0 Å². The topological polar surface area (TPSA) is 12.0 Å². The highest BCUT2D eigenvalue weighted by molar-refractivity contribution is 8.02. The van der Waals surface area contributed by atoms with Crippen LogP contribution in [0.2, 0.25) is 0 Å². The van der Waals surface area contributed by atoms with Crippen molar-refractivity contribution in [1.29, 1.82) is 0 Å². The second-order valence-corrected chi connectivity index (χ2v) is 4.37. The molecule has 14 heavy (non-hydrogen) atoms. The van der Waals surface area contributed by atoms with Crippen LogP contribution < -0.4 is 5.32 Å². The third-order valence-electron chi connectivity index (χ3n) is 2.34. The van der Waals surface area contributed by atoms with Crippen molar-refractivity contribution in [3.8, 4) is 0 Å². The Bertz CT molecular complexity index is 344. The monoisotopic (exact) mass is 205 g/mol. The van der Waals surface area contributed by atoms with E-state index < -0.39 is 0 Å². The zero-order valence-electron chi connectivity index (χ0n) is 8.42. The van der Waals surface area contributed by atoms with Gasteiger partial charge in [-0.15, -0.1) is 0 Å².